The number of carbonyl (C=O) groups excluding carboxylic acids is 1. The molecular formula is C22H28N2O3. The van der Waals surface area contributed by atoms with Crippen LogP contribution < -0.4 is 10.1 Å². The van der Waals surface area contributed by atoms with Crippen LogP contribution in [0.3, 0.4) is 0 Å². The number of para-hydroxylation sites is 1. The van der Waals surface area contributed by atoms with Crippen molar-refractivity contribution in [2.45, 2.75) is 58.6 Å². The van der Waals surface area contributed by atoms with Crippen molar-refractivity contribution >= 4 is 5.91 Å². The first-order valence-corrected chi connectivity index (χ1v) is 9.95. The van der Waals surface area contributed by atoms with E-state index in [-0.39, 0.29) is 23.3 Å². The van der Waals surface area contributed by atoms with E-state index in [0.29, 0.717) is 12.5 Å². The summed E-state index contributed by atoms with van der Waals surface area (Å²) < 4.78 is 11.1. The van der Waals surface area contributed by atoms with Gasteiger partial charge in [-0.3, -0.25) is 4.79 Å². The third kappa shape index (κ3) is 3.87. The van der Waals surface area contributed by atoms with E-state index in [2.05, 4.69) is 24.3 Å². The van der Waals surface area contributed by atoms with Crippen molar-refractivity contribution in [2.24, 2.45) is 17.3 Å². The lowest BCUT2D eigenvalue weighted by Gasteiger charge is -2.52. The van der Waals surface area contributed by atoms with Gasteiger partial charge < -0.3 is 14.6 Å². The smallest absolute Gasteiger partial charge is 0.223 e. The Morgan fingerprint density at radius 2 is 2.07 bits per heavy atom. The van der Waals surface area contributed by atoms with Crippen molar-refractivity contribution in [3.05, 3.63) is 47.9 Å². The van der Waals surface area contributed by atoms with Crippen LogP contribution in [0.1, 0.15) is 51.0 Å². The summed E-state index contributed by atoms with van der Waals surface area (Å²) in [6, 6.07) is 11.9. The highest BCUT2D eigenvalue weighted by Gasteiger charge is 2.49. The largest absolute Gasteiger partial charge is 0.486 e. The Labute approximate surface area is 160 Å². The van der Waals surface area contributed by atoms with Gasteiger partial charge in [-0.15, -0.1) is 0 Å². The van der Waals surface area contributed by atoms with Crippen molar-refractivity contribution in [1.29, 1.82) is 0 Å². The Morgan fingerprint density at radius 3 is 2.74 bits per heavy atom. The number of carbonyl (C=O) groups is 1. The summed E-state index contributed by atoms with van der Waals surface area (Å²) >= 11 is 0. The minimum atomic E-state index is 0.0824. The quantitative estimate of drug-likeness (QED) is 0.798. The minimum absolute atomic E-state index is 0.0824. The van der Waals surface area contributed by atoms with Gasteiger partial charge >= 0.3 is 0 Å². The summed E-state index contributed by atoms with van der Waals surface area (Å²) in [5.41, 5.74) is 1.04. The molecule has 0 spiro atoms. The molecule has 0 radical (unpaired) electrons. The molecule has 2 atom stereocenters. The van der Waals surface area contributed by atoms with Crippen LogP contribution in [-0.2, 0) is 17.8 Å². The first kappa shape index (κ1) is 18.1. The van der Waals surface area contributed by atoms with Gasteiger partial charge in [-0.05, 0) is 49.1 Å². The second-order valence-corrected chi connectivity index (χ2v) is 8.53. The van der Waals surface area contributed by atoms with Gasteiger partial charge in [-0.2, -0.15) is 0 Å². The van der Waals surface area contributed by atoms with Crippen molar-refractivity contribution < 1.29 is 14.1 Å². The molecule has 5 heteroatoms. The van der Waals surface area contributed by atoms with Crippen LogP contribution in [0.25, 0.3) is 0 Å². The number of hydrogen-bond donors (Lipinski definition) is 1. The fourth-order valence-electron chi connectivity index (χ4n) is 4.01. The molecule has 1 amide bonds. The fraction of sp³-hybridized carbons (Fsp3) is 0.545. The number of nitrogens with zero attached hydrogens (tertiary/aromatic N) is 1. The highest BCUT2D eigenvalue weighted by molar-refractivity contribution is 5.79. The van der Waals surface area contributed by atoms with Crippen LogP contribution in [-0.4, -0.2) is 17.1 Å². The highest BCUT2D eigenvalue weighted by Crippen LogP contribution is 2.48. The Balaban J connectivity index is 1.27. The van der Waals surface area contributed by atoms with Crippen LogP contribution in [0.2, 0.25) is 0 Å². The molecule has 0 saturated heterocycles. The first-order chi connectivity index (χ1) is 13.0. The van der Waals surface area contributed by atoms with E-state index in [1.54, 1.807) is 0 Å². The molecule has 0 bridgehead atoms. The Hall–Kier alpha value is -2.30. The normalized spacial score (nSPS) is 23.9. The monoisotopic (exact) mass is 368 g/mol. The van der Waals surface area contributed by atoms with Crippen LogP contribution in [0, 0.1) is 17.3 Å². The Bertz CT molecular complexity index is 780. The number of nitrogens with one attached hydrogen (secondary N) is 1. The summed E-state index contributed by atoms with van der Waals surface area (Å²) in [6.07, 6.45) is 5.17. The summed E-state index contributed by atoms with van der Waals surface area (Å²) in [4.78, 5) is 12.2. The van der Waals surface area contributed by atoms with E-state index in [0.717, 1.165) is 42.9 Å². The van der Waals surface area contributed by atoms with Gasteiger partial charge in [0.25, 0.3) is 0 Å². The molecule has 1 heterocycles. The molecule has 0 unspecified atom stereocenters. The highest BCUT2D eigenvalue weighted by atomic mass is 16.5. The van der Waals surface area contributed by atoms with Gasteiger partial charge in [-0.1, -0.05) is 43.6 Å². The molecule has 2 aliphatic carbocycles. The molecule has 1 N–H and O–H groups in total. The average molecular weight is 368 g/mol. The molecular weight excluding hydrogens is 340 g/mol. The van der Waals surface area contributed by atoms with Crippen molar-refractivity contribution in [3.63, 3.8) is 0 Å². The van der Waals surface area contributed by atoms with Crippen molar-refractivity contribution in [2.75, 3.05) is 0 Å². The van der Waals surface area contributed by atoms with Crippen molar-refractivity contribution in [3.8, 4) is 5.75 Å². The molecule has 4 rings (SSSR count). The van der Waals surface area contributed by atoms with Gasteiger partial charge in [0, 0.05) is 18.0 Å². The lowest BCUT2D eigenvalue weighted by atomic mass is 9.57. The SMILES string of the molecule is CC1(C)[C@H](Cc2cc(COc3ccccc3)on2)C[C@@H]1NC(=O)C1CCC1. The van der Waals surface area contributed by atoms with Gasteiger partial charge in [0.15, 0.2) is 5.76 Å². The average Bonchev–Trinajstić information content (AvgIpc) is 3.06. The van der Waals surface area contributed by atoms with E-state index in [9.17, 15) is 4.79 Å². The molecule has 1 aromatic heterocycles. The standard InChI is InChI=1S/C22H28N2O3/c1-22(2)16(12-20(22)23-21(25)15-7-6-8-15)11-17-13-19(27-24-17)14-26-18-9-4-3-5-10-18/h3-5,9-10,13,15-16,20H,6-8,11-12,14H2,1-2H3,(H,23,25)/t16-,20+/m1/s1. The van der Waals surface area contributed by atoms with E-state index in [4.69, 9.17) is 9.26 Å². The summed E-state index contributed by atoms with van der Waals surface area (Å²) in [7, 11) is 0. The maximum Gasteiger partial charge on any atom is 0.223 e. The third-order valence-corrected chi connectivity index (χ3v) is 6.45. The lowest BCUT2D eigenvalue weighted by molar-refractivity contribution is -0.132. The number of benzene rings is 1. The van der Waals surface area contributed by atoms with E-state index >= 15 is 0 Å². The predicted molar refractivity (Wildman–Crippen MR) is 102 cm³/mol. The Kier molecular flexibility index (Phi) is 4.94. The maximum absolute atomic E-state index is 12.2. The summed E-state index contributed by atoms with van der Waals surface area (Å²) in [5, 5.41) is 7.48. The number of ether oxygens (including phenoxy) is 1. The van der Waals surface area contributed by atoms with Gasteiger partial charge in [0.1, 0.15) is 12.4 Å². The number of rotatable bonds is 7. The molecule has 2 fully saturated rings. The van der Waals surface area contributed by atoms with Crippen LogP contribution in [0.4, 0.5) is 0 Å². The van der Waals surface area contributed by atoms with Crippen LogP contribution in [0.15, 0.2) is 40.9 Å². The fourth-order valence-corrected chi connectivity index (χ4v) is 4.01. The maximum atomic E-state index is 12.2. The Morgan fingerprint density at radius 1 is 1.30 bits per heavy atom. The van der Waals surface area contributed by atoms with Crippen molar-refractivity contribution in [1.82, 2.24) is 10.5 Å². The predicted octanol–water partition coefficient (Wildman–Crippen LogP) is 4.13. The van der Waals surface area contributed by atoms with Crippen LogP contribution >= 0.6 is 0 Å². The summed E-state index contributed by atoms with van der Waals surface area (Å²) in [6.45, 7) is 4.87. The number of amides is 1. The molecule has 2 saturated carbocycles. The zero-order chi connectivity index (χ0) is 18.9. The third-order valence-electron chi connectivity index (χ3n) is 6.45. The topological polar surface area (TPSA) is 64.4 Å². The zero-order valence-electron chi connectivity index (χ0n) is 16.1. The first-order valence-electron chi connectivity index (χ1n) is 9.95. The number of hydrogen-bond acceptors (Lipinski definition) is 4. The van der Waals surface area contributed by atoms with Gasteiger partial charge in [0.2, 0.25) is 5.91 Å². The second kappa shape index (κ2) is 7.37. The summed E-state index contributed by atoms with van der Waals surface area (Å²) in [5.74, 6) is 2.56. The lowest BCUT2D eigenvalue weighted by Crippen LogP contribution is -2.59. The van der Waals surface area contributed by atoms with E-state index < -0.39 is 0 Å². The van der Waals surface area contributed by atoms with E-state index in [1.165, 1.54) is 6.42 Å². The zero-order valence-corrected chi connectivity index (χ0v) is 16.1. The molecule has 2 aliphatic rings. The molecule has 27 heavy (non-hydrogen) atoms. The molecule has 0 aliphatic heterocycles. The van der Waals surface area contributed by atoms with Gasteiger partial charge in [0.05, 0.1) is 5.69 Å². The number of aromatic nitrogens is 1. The molecule has 1 aromatic carbocycles. The molecule has 5 nitrogen and oxygen atoms in total. The minimum Gasteiger partial charge on any atom is -0.486 e. The molecule has 144 valence electrons. The van der Waals surface area contributed by atoms with Crippen LogP contribution in [0.5, 0.6) is 5.75 Å². The molecule has 2 aromatic rings. The van der Waals surface area contributed by atoms with Gasteiger partial charge in [-0.25, -0.2) is 0 Å². The van der Waals surface area contributed by atoms with E-state index in [1.807, 2.05) is 36.4 Å². The second-order valence-electron chi connectivity index (χ2n) is 8.53.